The van der Waals surface area contributed by atoms with Crippen molar-refractivity contribution in [3.05, 3.63) is 56.7 Å². The number of rotatable bonds is 3. The van der Waals surface area contributed by atoms with Crippen LogP contribution < -0.4 is 11.1 Å². The van der Waals surface area contributed by atoms with Crippen LogP contribution >= 0.6 is 31.9 Å². The summed E-state index contributed by atoms with van der Waals surface area (Å²) in [5, 5.41) is 3.28. The molecule has 0 radical (unpaired) electrons. The molecule has 0 saturated heterocycles. The van der Waals surface area contributed by atoms with E-state index < -0.39 is 0 Å². The highest BCUT2D eigenvalue weighted by atomic mass is 79.9. The molecule has 2 rings (SSSR count). The molecule has 2 nitrogen and oxygen atoms in total. The van der Waals surface area contributed by atoms with Crippen molar-refractivity contribution in [1.29, 1.82) is 0 Å². The van der Waals surface area contributed by atoms with E-state index >= 15 is 0 Å². The second-order valence-corrected chi connectivity index (χ2v) is 6.04. The van der Waals surface area contributed by atoms with Gasteiger partial charge in [-0.1, -0.05) is 28.1 Å². The minimum Gasteiger partial charge on any atom is -0.397 e. The summed E-state index contributed by atoms with van der Waals surface area (Å²) in [4.78, 5) is 0. The molecule has 0 aromatic heterocycles. The Morgan fingerprint density at radius 1 is 1.16 bits per heavy atom. The third kappa shape index (κ3) is 3.48. The van der Waals surface area contributed by atoms with Gasteiger partial charge in [-0.3, -0.25) is 0 Å². The summed E-state index contributed by atoms with van der Waals surface area (Å²) < 4.78 is 14.7. The van der Waals surface area contributed by atoms with Gasteiger partial charge in [0, 0.05) is 16.6 Å². The van der Waals surface area contributed by atoms with Gasteiger partial charge in [0.05, 0.1) is 15.8 Å². The lowest BCUT2D eigenvalue weighted by Crippen LogP contribution is -2.08. The summed E-state index contributed by atoms with van der Waals surface area (Å²) in [6.07, 6.45) is 0. The Balaban J connectivity index is 2.21. The number of nitrogens with two attached hydrogens (primary N) is 1. The zero-order valence-electron chi connectivity index (χ0n) is 10.3. The highest BCUT2D eigenvalue weighted by Gasteiger charge is 2.10. The van der Waals surface area contributed by atoms with Gasteiger partial charge >= 0.3 is 0 Å². The van der Waals surface area contributed by atoms with Crippen LogP contribution in [0.2, 0.25) is 0 Å². The maximum absolute atomic E-state index is 13.3. The van der Waals surface area contributed by atoms with Crippen LogP contribution in [-0.4, -0.2) is 0 Å². The Morgan fingerprint density at radius 3 is 2.42 bits per heavy atom. The second-order valence-electron chi connectivity index (χ2n) is 4.27. The van der Waals surface area contributed by atoms with E-state index in [2.05, 4.69) is 37.2 Å². The lowest BCUT2D eigenvalue weighted by molar-refractivity contribution is 0.622. The molecule has 100 valence electrons. The molecule has 2 aromatic rings. The average Bonchev–Trinajstić information content (AvgIpc) is 2.36. The number of halogens is 3. The van der Waals surface area contributed by atoms with Crippen molar-refractivity contribution in [2.75, 3.05) is 11.1 Å². The number of nitrogen functional groups attached to an aromatic ring is 1. The smallest absolute Gasteiger partial charge is 0.139 e. The molecule has 5 heteroatoms. The van der Waals surface area contributed by atoms with Gasteiger partial charge in [-0.05, 0) is 46.6 Å². The van der Waals surface area contributed by atoms with Gasteiger partial charge in [0.25, 0.3) is 0 Å². The maximum atomic E-state index is 13.3. The fourth-order valence-corrected chi connectivity index (χ4v) is 2.36. The Bertz CT molecular complexity index is 585. The number of hydrogen-bond donors (Lipinski definition) is 2. The maximum Gasteiger partial charge on any atom is 0.139 e. The lowest BCUT2D eigenvalue weighted by atomic mass is 10.1. The molecular weight excluding hydrogens is 375 g/mol. The van der Waals surface area contributed by atoms with Crippen molar-refractivity contribution >= 4 is 43.2 Å². The molecule has 2 aromatic carbocycles. The Morgan fingerprint density at radius 2 is 1.79 bits per heavy atom. The van der Waals surface area contributed by atoms with E-state index in [0.29, 0.717) is 15.8 Å². The molecule has 0 amide bonds. The predicted molar refractivity (Wildman–Crippen MR) is 84.7 cm³/mol. The SMILES string of the molecule is CC(Nc1cc(Br)c(F)cc1N)c1ccc(Br)cc1. The molecule has 1 unspecified atom stereocenters. The summed E-state index contributed by atoms with van der Waals surface area (Å²) in [6, 6.07) is 11.1. The number of nitrogens with one attached hydrogen (secondary N) is 1. The van der Waals surface area contributed by atoms with Gasteiger partial charge in [0.15, 0.2) is 0 Å². The monoisotopic (exact) mass is 386 g/mol. The Hall–Kier alpha value is -1.07. The lowest BCUT2D eigenvalue weighted by Gasteiger charge is -2.18. The second kappa shape index (κ2) is 5.92. The van der Waals surface area contributed by atoms with Crippen LogP contribution in [0.25, 0.3) is 0 Å². The van der Waals surface area contributed by atoms with E-state index in [-0.39, 0.29) is 11.9 Å². The molecule has 1 atom stereocenters. The molecule has 0 aliphatic rings. The summed E-state index contributed by atoms with van der Waals surface area (Å²) in [6.45, 7) is 2.03. The summed E-state index contributed by atoms with van der Waals surface area (Å²) >= 11 is 6.56. The molecule has 0 saturated carbocycles. The van der Waals surface area contributed by atoms with Gasteiger partial charge in [0.2, 0.25) is 0 Å². The fraction of sp³-hybridized carbons (Fsp3) is 0.143. The van der Waals surface area contributed by atoms with Crippen LogP contribution in [0.15, 0.2) is 45.3 Å². The molecule has 0 aliphatic heterocycles. The van der Waals surface area contributed by atoms with E-state index in [4.69, 9.17) is 5.73 Å². The standard InChI is InChI=1S/C14H13Br2FN2/c1-8(9-2-4-10(15)5-3-9)19-14-6-11(16)12(17)7-13(14)18/h2-8,19H,18H2,1H3. The summed E-state index contributed by atoms with van der Waals surface area (Å²) in [7, 11) is 0. The first kappa shape index (κ1) is 14.3. The zero-order chi connectivity index (χ0) is 14.0. The third-order valence-electron chi connectivity index (χ3n) is 2.83. The van der Waals surface area contributed by atoms with Crippen molar-refractivity contribution < 1.29 is 4.39 Å². The molecule has 3 N–H and O–H groups in total. The van der Waals surface area contributed by atoms with Gasteiger partial charge < -0.3 is 11.1 Å². The first-order valence-corrected chi connectivity index (χ1v) is 7.32. The van der Waals surface area contributed by atoms with Crippen LogP contribution in [-0.2, 0) is 0 Å². The summed E-state index contributed by atoms with van der Waals surface area (Å²) in [5.41, 5.74) is 8.04. The Kier molecular flexibility index (Phi) is 4.47. The zero-order valence-corrected chi connectivity index (χ0v) is 13.4. The van der Waals surface area contributed by atoms with Crippen molar-refractivity contribution in [2.45, 2.75) is 13.0 Å². The summed E-state index contributed by atoms with van der Waals surface area (Å²) in [5.74, 6) is -0.362. The van der Waals surface area contributed by atoms with Crippen molar-refractivity contribution in [3.8, 4) is 0 Å². The average molecular weight is 388 g/mol. The number of anilines is 2. The first-order valence-electron chi connectivity index (χ1n) is 5.74. The minimum absolute atomic E-state index is 0.0766. The molecular formula is C14H13Br2FN2. The Labute approximate surface area is 128 Å². The third-order valence-corrected chi connectivity index (χ3v) is 3.97. The van der Waals surface area contributed by atoms with Gasteiger partial charge in [0.1, 0.15) is 5.82 Å². The number of hydrogen-bond acceptors (Lipinski definition) is 2. The molecule has 0 bridgehead atoms. The van der Waals surface area contributed by atoms with E-state index in [1.54, 1.807) is 6.07 Å². The normalized spacial score (nSPS) is 12.2. The van der Waals surface area contributed by atoms with E-state index in [1.165, 1.54) is 6.07 Å². The van der Waals surface area contributed by atoms with Gasteiger partial charge in [-0.2, -0.15) is 0 Å². The van der Waals surface area contributed by atoms with E-state index in [1.807, 2.05) is 31.2 Å². The van der Waals surface area contributed by atoms with Crippen LogP contribution in [0.5, 0.6) is 0 Å². The fourth-order valence-electron chi connectivity index (χ4n) is 1.76. The van der Waals surface area contributed by atoms with Crippen LogP contribution in [0, 0.1) is 5.82 Å². The van der Waals surface area contributed by atoms with E-state index in [0.717, 1.165) is 10.0 Å². The van der Waals surface area contributed by atoms with Gasteiger partial charge in [-0.25, -0.2) is 4.39 Å². The molecule has 0 spiro atoms. The van der Waals surface area contributed by atoms with Crippen LogP contribution in [0.4, 0.5) is 15.8 Å². The predicted octanol–water partition coefficient (Wildman–Crippen LogP) is 5.11. The topological polar surface area (TPSA) is 38.0 Å². The van der Waals surface area contributed by atoms with Crippen LogP contribution in [0.1, 0.15) is 18.5 Å². The minimum atomic E-state index is -0.362. The van der Waals surface area contributed by atoms with Crippen molar-refractivity contribution in [2.24, 2.45) is 0 Å². The quantitative estimate of drug-likeness (QED) is 0.718. The highest BCUT2D eigenvalue weighted by molar-refractivity contribution is 9.10. The highest BCUT2D eigenvalue weighted by Crippen LogP contribution is 2.29. The van der Waals surface area contributed by atoms with Gasteiger partial charge in [-0.15, -0.1) is 0 Å². The molecule has 19 heavy (non-hydrogen) atoms. The van der Waals surface area contributed by atoms with Crippen LogP contribution in [0.3, 0.4) is 0 Å². The first-order chi connectivity index (χ1) is 8.97. The molecule has 0 fully saturated rings. The number of benzene rings is 2. The van der Waals surface area contributed by atoms with E-state index in [9.17, 15) is 4.39 Å². The van der Waals surface area contributed by atoms with Crippen molar-refractivity contribution in [1.82, 2.24) is 0 Å². The van der Waals surface area contributed by atoms with Crippen molar-refractivity contribution in [3.63, 3.8) is 0 Å². The largest absolute Gasteiger partial charge is 0.397 e. The molecule has 0 heterocycles. The molecule has 0 aliphatic carbocycles.